The summed E-state index contributed by atoms with van der Waals surface area (Å²) >= 11 is 0. The molecule has 0 heterocycles. The molecule has 2 aromatic rings. The van der Waals surface area contributed by atoms with E-state index in [0.717, 1.165) is 60.5 Å². The van der Waals surface area contributed by atoms with E-state index in [4.69, 9.17) is 14.2 Å². The van der Waals surface area contributed by atoms with Crippen molar-refractivity contribution < 1.29 is 19.3 Å². The van der Waals surface area contributed by atoms with Crippen molar-refractivity contribution in [3.05, 3.63) is 71.8 Å². The molecule has 0 spiro atoms. The molecule has 0 radical (unpaired) electrons. The van der Waals surface area contributed by atoms with Crippen molar-refractivity contribution in [2.75, 3.05) is 13.7 Å². The van der Waals surface area contributed by atoms with E-state index in [-0.39, 0.29) is 6.10 Å². The summed E-state index contributed by atoms with van der Waals surface area (Å²) in [6.45, 7) is 9.54. The van der Waals surface area contributed by atoms with Gasteiger partial charge in [0.1, 0.15) is 24.2 Å². The fraction of sp³-hybridized carbons (Fsp3) is 0.500. The number of hydrogen-bond donors (Lipinski definition) is 1. The smallest absolute Gasteiger partial charge is 0.140 e. The maximum absolute atomic E-state index is 10.9. The van der Waals surface area contributed by atoms with Crippen LogP contribution in [-0.2, 0) is 17.8 Å². The largest absolute Gasteiger partial charge is 0.497 e. The van der Waals surface area contributed by atoms with E-state index in [2.05, 4.69) is 32.3 Å². The minimum absolute atomic E-state index is 0.251. The molecule has 0 aromatic heterocycles. The summed E-state index contributed by atoms with van der Waals surface area (Å²) in [5, 5.41) is 10.9. The molecule has 4 nitrogen and oxygen atoms in total. The van der Waals surface area contributed by atoms with Gasteiger partial charge in [0.2, 0.25) is 0 Å². The van der Waals surface area contributed by atoms with Crippen LogP contribution in [0.3, 0.4) is 0 Å². The van der Waals surface area contributed by atoms with Crippen LogP contribution >= 0.6 is 0 Å². The second kappa shape index (κ2) is 17.7. The molecule has 0 aliphatic rings. The van der Waals surface area contributed by atoms with Crippen LogP contribution in [0, 0.1) is 11.8 Å². The van der Waals surface area contributed by atoms with Gasteiger partial charge in [0.15, 0.2) is 0 Å². The first-order valence-electron chi connectivity index (χ1n) is 13.4. The molecule has 196 valence electrons. The number of ether oxygens (including phenoxy) is 3. The molecular formula is C32H44O4. The summed E-state index contributed by atoms with van der Waals surface area (Å²) < 4.78 is 17.4. The van der Waals surface area contributed by atoms with Crippen molar-refractivity contribution >= 4 is 0 Å². The molecule has 0 fully saturated rings. The third-order valence-electron chi connectivity index (χ3n) is 6.18. The third-order valence-corrected chi connectivity index (χ3v) is 6.18. The van der Waals surface area contributed by atoms with E-state index in [1.807, 2.05) is 48.5 Å². The quantitative estimate of drug-likeness (QED) is 0.140. The number of aliphatic hydroxyl groups is 1. The van der Waals surface area contributed by atoms with Gasteiger partial charge in [-0.15, -0.1) is 12.5 Å². The highest BCUT2D eigenvalue weighted by Crippen LogP contribution is 2.29. The highest BCUT2D eigenvalue weighted by atomic mass is 16.5. The Bertz CT molecular complexity index is 929. The molecule has 36 heavy (non-hydrogen) atoms. The van der Waals surface area contributed by atoms with Gasteiger partial charge in [0.05, 0.1) is 13.2 Å². The Labute approximate surface area is 218 Å². The predicted molar refractivity (Wildman–Crippen MR) is 148 cm³/mol. The lowest BCUT2D eigenvalue weighted by Gasteiger charge is -2.17. The lowest BCUT2D eigenvalue weighted by atomic mass is 9.98. The van der Waals surface area contributed by atoms with Gasteiger partial charge in [-0.2, -0.15) is 0 Å². The molecular weight excluding hydrogens is 448 g/mol. The third kappa shape index (κ3) is 10.5. The average Bonchev–Trinajstić information content (AvgIpc) is 2.90. The first-order chi connectivity index (χ1) is 17.6. The second-order valence-corrected chi connectivity index (χ2v) is 9.06. The number of benzene rings is 2. The van der Waals surface area contributed by atoms with E-state index in [1.165, 1.54) is 19.3 Å². The topological polar surface area (TPSA) is 47.9 Å². The fourth-order valence-corrected chi connectivity index (χ4v) is 4.03. The first-order valence-corrected chi connectivity index (χ1v) is 13.4. The van der Waals surface area contributed by atoms with Crippen molar-refractivity contribution in [2.45, 2.75) is 90.4 Å². The average molecular weight is 493 g/mol. The predicted octanol–water partition coefficient (Wildman–Crippen LogP) is 7.59. The lowest BCUT2D eigenvalue weighted by Crippen LogP contribution is -2.13. The molecule has 1 N–H and O–H groups in total. The zero-order valence-electron chi connectivity index (χ0n) is 22.4. The van der Waals surface area contributed by atoms with E-state index >= 15 is 0 Å². The zero-order chi connectivity index (χ0) is 26.0. The highest BCUT2D eigenvalue weighted by molar-refractivity contribution is 5.45. The molecule has 0 aliphatic carbocycles. The summed E-state index contributed by atoms with van der Waals surface area (Å²) in [6.07, 6.45) is 10.4. The number of allylic oxidation sites excluding steroid dienone is 1. The van der Waals surface area contributed by atoms with Crippen LogP contribution < -0.4 is 9.47 Å². The minimum Gasteiger partial charge on any atom is -0.497 e. The van der Waals surface area contributed by atoms with Gasteiger partial charge in [0.25, 0.3) is 0 Å². The van der Waals surface area contributed by atoms with Crippen LogP contribution in [-0.4, -0.2) is 24.9 Å². The number of unbranched alkanes of at least 4 members (excludes halogenated alkanes) is 3. The van der Waals surface area contributed by atoms with Crippen LogP contribution in [0.5, 0.6) is 11.5 Å². The fourth-order valence-electron chi connectivity index (χ4n) is 4.03. The van der Waals surface area contributed by atoms with Crippen LogP contribution in [0.2, 0.25) is 0 Å². The first kappa shape index (κ1) is 29.5. The van der Waals surface area contributed by atoms with Crippen molar-refractivity contribution in [3.63, 3.8) is 0 Å². The Kier molecular flexibility index (Phi) is 14.5. The molecule has 0 saturated carbocycles. The van der Waals surface area contributed by atoms with Gasteiger partial charge >= 0.3 is 0 Å². The molecule has 4 heteroatoms. The van der Waals surface area contributed by atoms with E-state index in [9.17, 15) is 5.11 Å². The molecule has 1 unspecified atom stereocenters. The Morgan fingerprint density at radius 2 is 1.78 bits per heavy atom. The van der Waals surface area contributed by atoms with E-state index < -0.39 is 6.10 Å². The Morgan fingerprint density at radius 3 is 2.47 bits per heavy atom. The Hall–Kier alpha value is -2.74. The summed E-state index contributed by atoms with van der Waals surface area (Å²) in [5.41, 5.74) is 2.73. The van der Waals surface area contributed by atoms with Crippen molar-refractivity contribution in [3.8, 4) is 23.3 Å². The van der Waals surface area contributed by atoms with Crippen LogP contribution in [0.15, 0.2) is 55.1 Å². The lowest BCUT2D eigenvalue weighted by molar-refractivity contribution is 0.0392. The van der Waals surface area contributed by atoms with Crippen molar-refractivity contribution in [1.82, 2.24) is 0 Å². The SMILES string of the molecule is C=CCc1c(OCc2ccc(OC)cc2)cccc1C(O)C#CCC[C@H](CCCCC)OCCCC. The molecule has 0 bridgehead atoms. The minimum atomic E-state index is -0.871. The monoisotopic (exact) mass is 492 g/mol. The van der Waals surface area contributed by atoms with Crippen LogP contribution in [0.4, 0.5) is 0 Å². The van der Waals surface area contributed by atoms with Gasteiger partial charge in [-0.3, -0.25) is 0 Å². The second-order valence-electron chi connectivity index (χ2n) is 9.06. The number of rotatable bonds is 17. The van der Waals surface area contributed by atoms with Gasteiger partial charge in [-0.1, -0.05) is 75.8 Å². The number of hydrogen-bond acceptors (Lipinski definition) is 4. The summed E-state index contributed by atoms with van der Waals surface area (Å²) in [4.78, 5) is 0. The van der Waals surface area contributed by atoms with Crippen molar-refractivity contribution in [2.24, 2.45) is 0 Å². The van der Waals surface area contributed by atoms with Gasteiger partial charge in [-0.05, 0) is 55.0 Å². The number of aliphatic hydroxyl groups excluding tert-OH is 1. The zero-order valence-corrected chi connectivity index (χ0v) is 22.4. The Morgan fingerprint density at radius 1 is 1.00 bits per heavy atom. The molecule has 0 amide bonds. The van der Waals surface area contributed by atoms with Crippen molar-refractivity contribution in [1.29, 1.82) is 0 Å². The maximum atomic E-state index is 10.9. The van der Waals surface area contributed by atoms with E-state index in [1.54, 1.807) is 7.11 Å². The number of methoxy groups -OCH3 is 1. The summed E-state index contributed by atoms with van der Waals surface area (Å²) in [7, 11) is 1.65. The molecule has 2 rings (SSSR count). The standard InChI is InChI=1S/C32H44O4/c1-5-8-10-15-28(35-24-9-6-2)16-11-12-18-31(33)29-17-13-19-32(30(29)14-7-3)36-25-26-20-22-27(34-4)23-21-26/h7,13,17,19-23,28,31,33H,3,5-6,8-11,14-16,24-25H2,1-2,4H3/t28-,31?/m0/s1. The molecule has 0 saturated heterocycles. The van der Waals surface area contributed by atoms with Gasteiger partial charge in [-0.25, -0.2) is 0 Å². The molecule has 2 aromatic carbocycles. The summed E-state index contributed by atoms with van der Waals surface area (Å²) in [6, 6.07) is 13.6. The molecule has 2 atom stereocenters. The van der Waals surface area contributed by atoms with Crippen LogP contribution in [0.25, 0.3) is 0 Å². The van der Waals surface area contributed by atoms with Gasteiger partial charge < -0.3 is 19.3 Å². The summed E-state index contributed by atoms with van der Waals surface area (Å²) in [5.74, 6) is 7.80. The highest BCUT2D eigenvalue weighted by Gasteiger charge is 2.14. The Balaban J connectivity index is 2.02. The van der Waals surface area contributed by atoms with Gasteiger partial charge in [0, 0.05) is 18.6 Å². The van der Waals surface area contributed by atoms with E-state index in [0.29, 0.717) is 19.4 Å². The molecule has 0 aliphatic heterocycles. The van der Waals surface area contributed by atoms with Crippen LogP contribution in [0.1, 0.15) is 88.0 Å². The normalized spacial score (nSPS) is 12.3. The maximum Gasteiger partial charge on any atom is 0.140 e.